The van der Waals surface area contributed by atoms with E-state index in [1.165, 1.54) is 0 Å². The van der Waals surface area contributed by atoms with Gasteiger partial charge in [-0.15, -0.1) is 0 Å². The third kappa shape index (κ3) is 3.97. The number of amides is 1. The number of piperidine rings is 1. The second-order valence-corrected chi connectivity index (χ2v) is 6.29. The van der Waals surface area contributed by atoms with Crippen LogP contribution in [0.15, 0.2) is 18.5 Å². The van der Waals surface area contributed by atoms with E-state index < -0.39 is 0 Å². The zero-order valence-electron chi connectivity index (χ0n) is 14.2. The zero-order valence-corrected chi connectivity index (χ0v) is 14.2. The summed E-state index contributed by atoms with van der Waals surface area (Å²) in [6.07, 6.45) is 6.43. The van der Waals surface area contributed by atoms with E-state index in [0.29, 0.717) is 5.92 Å². The van der Waals surface area contributed by atoms with Crippen LogP contribution in [0.25, 0.3) is 11.4 Å². The number of likely N-dealkylation sites (tertiary alicyclic amines) is 1. The molecule has 0 spiro atoms. The maximum atomic E-state index is 11.8. The van der Waals surface area contributed by atoms with E-state index in [-0.39, 0.29) is 12.5 Å². The molecule has 2 aromatic rings. The molecule has 1 fully saturated rings. The number of carbonyl (C=O) groups is 1. The molecule has 0 radical (unpaired) electrons. The van der Waals surface area contributed by atoms with E-state index in [1.54, 1.807) is 13.3 Å². The minimum absolute atomic E-state index is 0.0756. The summed E-state index contributed by atoms with van der Waals surface area (Å²) in [5.41, 5.74) is 3.60. The molecule has 0 bridgehead atoms. The summed E-state index contributed by atoms with van der Waals surface area (Å²) in [6, 6.07) is 1.97. The molecule has 0 unspecified atom stereocenters. The Hall–Kier alpha value is -2.28. The van der Waals surface area contributed by atoms with Crippen LogP contribution in [-0.2, 0) is 16.0 Å². The van der Waals surface area contributed by atoms with Gasteiger partial charge in [-0.3, -0.25) is 14.9 Å². The standard InChI is InChI=1S/C17H23N5O2/c1-12-7-15(21-20-12)16-10-18-9-14(19-16)8-13-3-5-22(6-4-13)17(23)11-24-2/h7,9-10,13H,3-6,8,11H2,1-2H3,(H,20,21). The number of ether oxygens (including phenoxy) is 1. The van der Waals surface area contributed by atoms with E-state index in [4.69, 9.17) is 4.74 Å². The third-order valence-electron chi connectivity index (χ3n) is 4.39. The van der Waals surface area contributed by atoms with Crippen molar-refractivity contribution in [2.75, 3.05) is 26.8 Å². The first kappa shape index (κ1) is 16.6. The molecule has 0 aromatic carbocycles. The van der Waals surface area contributed by atoms with Crippen molar-refractivity contribution in [3.63, 3.8) is 0 Å². The molecular formula is C17H23N5O2. The van der Waals surface area contributed by atoms with Crippen molar-refractivity contribution in [1.29, 1.82) is 0 Å². The molecule has 0 aliphatic carbocycles. The van der Waals surface area contributed by atoms with Crippen LogP contribution in [0, 0.1) is 12.8 Å². The number of hydrogen-bond donors (Lipinski definition) is 1. The average Bonchev–Trinajstić information content (AvgIpc) is 3.03. The van der Waals surface area contributed by atoms with Gasteiger partial charge >= 0.3 is 0 Å². The quantitative estimate of drug-likeness (QED) is 0.901. The van der Waals surface area contributed by atoms with Gasteiger partial charge < -0.3 is 9.64 Å². The second-order valence-electron chi connectivity index (χ2n) is 6.29. The van der Waals surface area contributed by atoms with Crippen LogP contribution in [0.3, 0.4) is 0 Å². The van der Waals surface area contributed by atoms with Crippen molar-refractivity contribution in [1.82, 2.24) is 25.1 Å². The average molecular weight is 329 g/mol. The summed E-state index contributed by atoms with van der Waals surface area (Å²) in [5, 5.41) is 7.17. The predicted octanol–water partition coefficient (Wildman–Crippen LogP) is 1.60. The van der Waals surface area contributed by atoms with Crippen molar-refractivity contribution in [3.05, 3.63) is 29.8 Å². The molecule has 2 aromatic heterocycles. The number of nitrogens with zero attached hydrogens (tertiary/aromatic N) is 4. The number of aryl methyl sites for hydroxylation is 1. The van der Waals surface area contributed by atoms with E-state index >= 15 is 0 Å². The largest absolute Gasteiger partial charge is 0.375 e. The van der Waals surface area contributed by atoms with Crippen LogP contribution in [0.2, 0.25) is 0 Å². The molecule has 0 atom stereocenters. The normalized spacial score (nSPS) is 15.7. The van der Waals surface area contributed by atoms with Gasteiger partial charge in [0.15, 0.2) is 0 Å². The molecule has 1 N–H and O–H groups in total. The van der Waals surface area contributed by atoms with Gasteiger partial charge in [-0.25, -0.2) is 4.98 Å². The van der Waals surface area contributed by atoms with Crippen LogP contribution < -0.4 is 0 Å². The fourth-order valence-corrected chi connectivity index (χ4v) is 3.07. The third-order valence-corrected chi connectivity index (χ3v) is 4.39. The highest BCUT2D eigenvalue weighted by Gasteiger charge is 2.23. The van der Waals surface area contributed by atoms with E-state index in [9.17, 15) is 4.79 Å². The van der Waals surface area contributed by atoms with Crippen molar-refractivity contribution < 1.29 is 9.53 Å². The van der Waals surface area contributed by atoms with Crippen molar-refractivity contribution in [2.24, 2.45) is 5.92 Å². The van der Waals surface area contributed by atoms with Gasteiger partial charge in [0.1, 0.15) is 18.0 Å². The maximum Gasteiger partial charge on any atom is 0.248 e. The van der Waals surface area contributed by atoms with Crippen LogP contribution >= 0.6 is 0 Å². The molecule has 128 valence electrons. The molecule has 3 rings (SSSR count). The monoisotopic (exact) mass is 329 g/mol. The number of nitrogens with one attached hydrogen (secondary N) is 1. The first-order chi connectivity index (χ1) is 11.7. The van der Waals surface area contributed by atoms with Gasteiger partial charge in [0.25, 0.3) is 0 Å². The lowest BCUT2D eigenvalue weighted by Gasteiger charge is -2.31. The molecular weight excluding hydrogens is 306 g/mol. The number of rotatable bonds is 5. The summed E-state index contributed by atoms with van der Waals surface area (Å²) in [5.74, 6) is 0.605. The first-order valence-corrected chi connectivity index (χ1v) is 8.25. The highest BCUT2D eigenvalue weighted by molar-refractivity contribution is 5.77. The second kappa shape index (κ2) is 7.53. The molecule has 1 aliphatic heterocycles. The maximum absolute atomic E-state index is 11.8. The number of methoxy groups -OCH3 is 1. The summed E-state index contributed by atoms with van der Waals surface area (Å²) >= 11 is 0. The molecule has 0 saturated carbocycles. The molecule has 3 heterocycles. The molecule has 1 saturated heterocycles. The van der Waals surface area contributed by atoms with Gasteiger partial charge in [-0.1, -0.05) is 0 Å². The highest BCUT2D eigenvalue weighted by Crippen LogP contribution is 2.22. The summed E-state index contributed by atoms with van der Waals surface area (Å²) in [6.45, 7) is 3.71. The van der Waals surface area contributed by atoms with E-state index in [2.05, 4.69) is 20.2 Å². The van der Waals surface area contributed by atoms with Gasteiger partial charge in [-0.05, 0) is 38.2 Å². The molecule has 24 heavy (non-hydrogen) atoms. The van der Waals surface area contributed by atoms with Crippen LogP contribution in [0.1, 0.15) is 24.2 Å². The lowest BCUT2D eigenvalue weighted by Crippen LogP contribution is -2.40. The van der Waals surface area contributed by atoms with Gasteiger partial charge in [0, 0.05) is 32.1 Å². The summed E-state index contributed by atoms with van der Waals surface area (Å²) in [4.78, 5) is 22.7. The van der Waals surface area contributed by atoms with Crippen LogP contribution in [-0.4, -0.2) is 57.8 Å². The minimum Gasteiger partial charge on any atom is -0.375 e. The Balaban J connectivity index is 1.58. The number of carbonyl (C=O) groups excluding carboxylic acids is 1. The van der Waals surface area contributed by atoms with Gasteiger partial charge in [0.2, 0.25) is 5.91 Å². The molecule has 1 aliphatic rings. The Kier molecular flexibility index (Phi) is 5.20. The van der Waals surface area contributed by atoms with Crippen molar-refractivity contribution in [3.8, 4) is 11.4 Å². The Morgan fingerprint density at radius 2 is 2.12 bits per heavy atom. The van der Waals surface area contributed by atoms with Gasteiger partial charge in [-0.2, -0.15) is 5.10 Å². The topological polar surface area (TPSA) is 84.0 Å². The summed E-state index contributed by atoms with van der Waals surface area (Å²) < 4.78 is 4.92. The Morgan fingerprint density at radius 3 is 2.79 bits per heavy atom. The van der Waals surface area contributed by atoms with Crippen molar-refractivity contribution >= 4 is 5.91 Å². The Labute approximate surface area is 141 Å². The molecule has 7 heteroatoms. The Morgan fingerprint density at radius 1 is 1.33 bits per heavy atom. The Bertz CT molecular complexity index is 692. The van der Waals surface area contributed by atoms with E-state index in [1.807, 2.05) is 24.1 Å². The smallest absolute Gasteiger partial charge is 0.248 e. The van der Waals surface area contributed by atoms with Crippen LogP contribution in [0.4, 0.5) is 0 Å². The zero-order chi connectivity index (χ0) is 16.9. The minimum atomic E-state index is 0.0756. The van der Waals surface area contributed by atoms with Crippen LogP contribution in [0.5, 0.6) is 0 Å². The number of H-pyrrole nitrogens is 1. The molecule has 1 amide bonds. The first-order valence-electron chi connectivity index (χ1n) is 8.25. The number of aromatic amines is 1. The number of aromatic nitrogens is 4. The number of hydrogen-bond acceptors (Lipinski definition) is 5. The van der Waals surface area contributed by atoms with E-state index in [0.717, 1.165) is 55.1 Å². The lowest BCUT2D eigenvalue weighted by atomic mass is 9.92. The summed E-state index contributed by atoms with van der Waals surface area (Å²) in [7, 11) is 1.55. The fraction of sp³-hybridized carbons (Fsp3) is 0.529. The highest BCUT2D eigenvalue weighted by atomic mass is 16.5. The molecule has 7 nitrogen and oxygen atoms in total. The van der Waals surface area contributed by atoms with Crippen molar-refractivity contribution in [2.45, 2.75) is 26.2 Å². The lowest BCUT2D eigenvalue weighted by molar-refractivity contribution is -0.136. The fourth-order valence-electron chi connectivity index (χ4n) is 3.07. The van der Waals surface area contributed by atoms with Gasteiger partial charge in [0.05, 0.1) is 11.9 Å². The SMILES string of the molecule is COCC(=O)N1CCC(Cc2cncc(-c3cc(C)[nH]n3)n2)CC1. The predicted molar refractivity (Wildman–Crippen MR) is 89.2 cm³/mol.